The van der Waals surface area contributed by atoms with Crippen molar-refractivity contribution in [2.75, 3.05) is 0 Å². The summed E-state index contributed by atoms with van der Waals surface area (Å²) in [5, 5.41) is 1.25. The van der Waals surface area contributed by atoms with Crippen LogP contribution in [-0.2, 0) is 26.2 Å². The van der Waals surface area contributed by atoms with Gasteiger partial charge >= 0.3 is 0 Å². The van der Waals surface area contributed by atoms with Crippen LogP contribution in [0.3, 0.4) is 0 Å². The van der Waals surface area contributed by atoms with Crippen LogP contribution in [0.4, 0.5) is 9.05 Å². The monoisotopic (exact) mass is 179 g/mol. The summed E-state index contributed by atoms with van der Waals surface area (Å²) in [6.07, 6.45) is 0. The molecule has 0 spiro atoms. The first-order valence-corrected chi connectivity index (χ1v) is 0.309. The van der Waals surface area contributed by atoms with Gasteiger partial charge in [-0.3, -0.25) is 0 Å². The second-order valence-corrected chi connectivity index (χ2v) is 0.0583. The summed E-state index contributed by atoms with van der Waals surface area (Å²) in [5.74, 6) is 0. The molecule has 0 aromatic heterocycles. The molecular formula is AlF2MoO. The molecule has 0 fully saturated rings. The van der Waals surface area contributed by atoms with Gasteiger partial charge in [-0.05, 0) is 9.05 Å². The topological polar surface area (TPSA) is 9.23 Å². The molecule has 0 aromatic carbocycles. The summed E-state index contributed by atoms with van der Waals surface area (Å²) in [6.45, 7) is 0. The molecule has 0 heterocycles. The first-order valence-electron chi connectivity index (χ1n) is 0.309. The predicted molar refractivity (Wildman–Crippen MR) is 9.05 cm³/mol. The van der Waals surface area contributed by atoms with E-state index in [2.05, 4.69) is 0 Å². The van der Waals surface area contributed by atoms with Crippen LogP contribution in [0.5, 0.6) is 0 Å². The Kier molecular flexibility index (Phi) is 65.6. The summed E-state index contributed by atoms with van der Waals surface area (Å²) < 4.78 is 18.2. The first kappa shape index (κ1) is 16.6. The Hall–Kier alpha value is 1.04. The fourth-order valence-electron chi connectivity index (χ4n) is 0. The van der Waals surface area contributed by atoms with Gasteiger partial charge < -0.3 is 0 Å². The Labute approximate surface area is 52.9 Å². The molecule has 0 rings (SSSR count). The molecule has 0 N–H and O–H groups in total. The van der Waals surface area contributed by atoms with Crippen LogP contribution in [0.1, 0.15) is 0 Å². The average molecular weight is 177 g/mol. The van der Waals surface area contributed by atoms with Gasteiger partial charge in [-0.15, -0.1) is 0 Å². The van der Waals surface area contributed by atoms with E-state index in [9.17, 15) is 0 Å². The van der Waals surface area contributed by atoms with Gasteiger partial charge in [-0.25, -0.2) is 0 Å². The third kappa shape index (κ3) is 43.0. The summed E-state index contributed by atoms with van der Waals surface area (Å²) in [6, 6.07) is 0. The Morgan fingerprint density at radius 1 is 1.20 bits per heavy atom. The van der Waals surface area contributed by atoms with Crippen molar-refractivity contribution in [3.05, 3.63) is 0 Å². The van der Waals surface area contributed by atoms with E-state index >= 15 is 0 Å². The summed E-state index contributed by atoms with van der Waals surface area (Å²) in [7, 11) is 0. The SMILES string of the molecule is FOF.[Al].[Mo]. The van der Waals surface area contributed by atoms with Crippen LogP contribution in [-0.4, -0.2) is 17.4 Å². The van der Waals surface area contributed by atoms with Crippen LogP contribution in [0, 0.1) is 0 Å². The third-order valence-corrected chi connectivity index (χ3v) is 0. The van der Waals surface area contributed by atoms with E-state index < -0.39 is 0 Å². The normalized spacial score (nSPS) is 3.60. The molecule has 5 heteroatoms. The largest absolute Gasteiger partial charge is 0.0209 e. The zero-order valence-corrected chi connectivity index (χ0v) is 5.31. The summed E-state index contributed by atoms with van der Waals surface area (Å²) in [4.78, 5) is 0. The zero-order chi connectivity index (χ0) is 2.71. The molecule has 0 saturated heterocycles. The Morgan fingerprint density at radius 2 is 1.20 bits per heavy atom. The summed E-state index contributed by atoms with van der Waals surface area (Å²) >= 11 is 0. The van der Waals surface area contributed by atoms with E-state index in [-0.39, 0.29) is 38.4 Å². The maximum Gasteiger partial charge on any atom is 0.0209 e. The smallest absolute Gasteiger partial charge is 0.0104 e. The molecule has 29 valence electrons. The molecule has 3 radical (unpaired) electrons. The second kappa shape index (κ2) is 19.8. The van der Waals surface area contributed by atoms with Gasteiger partial charge in [0.25, 0.3) is 0 Å². The molecule has 0 aromatic rings. The molecule has 0 saturated carbocycles. The van der Waals surface area contributed by atoms with Crippen molar-refractivity contribution in [1.29, 1.82) is 0 Å². The third-order valence-electron chi connectivity index (χ3n) is 0. The van der Waals surface area contributed by atoms with Gasteiger partial charge in [0.15, 0.2) is 0 Å². The van der Waals surface area contributed by atoms with Gasteiger partial charge in [0, 0.05) is 43.6 Å². The van der Waals surface area contributed by atoms with Crippen LogP contribution in [0.25, 0.3) is 0 Å². The predicted octanol–water partition coefficient (Wildman–Crippen LogP) is 0.389. The minimum Gasteiger partial charge on any atom is -0.0104 e. The van der Waals surface area contributed by atoms with Gasteiger partial charge in [0.2, 0.25) is 0 Å². The van der Waals surface area contributed by atoms with Gasteiger partial charge in [0.05, 0.1) is 0 Å². The Bertz CT molecular complexity index is 9.61. The van der Waals surface area contributed by atoms with Crippen LogP contribution < -0.4 is 0 Å². The van der Waals surface area contributed by atoms with E-state index in [1.54, 1.807) is 0 Å². The number of rotatable bonds is 0. The van der Waals surface area contributed by atoms with Crippen molar-refractivity contribution in [1.82, 2.24) is 0 Å². The Morgan fingerprint density at radius 3 is 1.20 bits per heavy atom. The fraction of sp³-hybridized carbons (Fsp3) is 0. The first-order chi connectivity index (χ1) is 1.41. The van der Waals surface area contributed by atoms with Gasteiger partial charge in [-0.2, -0.15) is 0 Å². The molecule has 0 atom stereocenters. The van der Waals surface area contributed by atoms with Crippen LogP contribution in [0.2, 0.25) is 0 Å². The van der Waals surface area contributed by atoms with Gasteiger partial charge in [-0.1, -0.05) is 0 Å². The van der Waals surface area contributed by atoms with Gasteiger partial charge in [0.1, 0.15) is 0 Å². The molecule has 5 heavy (non-hydrogen) atoms. The van der Waals surface area contributed by atoms with E-state index in [1.807, 2.05) is 0 Å². The van der Waals surface area contributed by atoms with E-state index in [0.29, 0.717) is 0 Å². The molecule has 0 aliphatic heterocycles. The standard InChI is InChI=1S/Al.F2O.Mo/c;1-3-2;. The number of hydrogen-bond donors (Lipinski definition) is 0. The van der Waals surface area contributed by atoms with Crippen molar-refractivity contribution in [3.8, 4) is 0 Å². The number of halogens is 2. The number of hydrogen-bond acceptors (Lipinski definition) is 1. The molecule has 0 bridgehead atoms. The molecular weight excluding hydrogens is 177 g/mol. The van der Waals surface area contributed by atoms with Crippen molar-refractivity contribution in [2.24, 2.45) is 0 Å². The Balaban J connectivity index is -0.0000000200. The fourth-order valence-corrected chi connectivity index (χ4v) is 0. The van der Waals surface area contributed by atoms with E-state index in [0.717, 1.165) is 0 Å². The van der Waals surface area contributed by atoms with Crippen molar-refractivity contribution in [2.45, 2.75) is 0 Å². The van der Waals surface area contributed by atoms with Crippen molar-refractivity contribution < 1.29 is 35.3 Å². The maximum atomic E-state index is 9.12. The van der Waals surface area contributed by atoms with Crippen molar-refractivity contribution >= 4 is 17.4 Å². The van der Waals surface area contributed by atoms with Crippen molar-refractivity contribution in [3.63, 3.8) is 0 Å². The minimum absolute atomic E-state index is 0. The van der Waals surface area contributed by atoms with E-state index in [1.165, 1.54) is 5.15 Å². The summed E-state index contributed by atoms with van der Waals surface area (Å²) in [5.41, 5.74) is 0. The average Bonchev–Trinajstić information content (AvgIpc) is 0.918. The second-order valence-electron chi connectivity index (χ2n) is 0.0583. The quantitative estimate of drug-likeness (QED) is 0.486. The zero-order valence-electron chi connectivity index (χ0n) is 2.15. The van der Waals surface area contributed by atoms with Crippen LogP contribution in [0.15, 0.2) is 0 Å². The van der Waals surface area contributed by atoms with Crippen LogP contribution >= 0.6 is 0 Å². The van der Waals surface area contributed by atoms with E-state index in [4.69, 9.17) is 9.05 Å². The molecule has 0 unspecified atom stereocenters. The molecule has 0 aliphatic carbocycles. The molecule has 1 nitrogen and oxygen atoms in total. The maximum absolute atomic E-state index is 9.12. The minimum atomic E-state index is 0. The molecule has 0 aliphatic rings. The molecule has 0 amide bonds.